The molecule has 10 heteroatoms. The van der Waals surface area contributed by atoms with Crippen molar-refractivity contribution in [1.82, 2.24) is 14.7 Å². The quantitative estimate of drug-likeness (QED) is 0.531. The highest BCUT2D eigenvalue weighted by molar-refractivity contribution is 5.69. The second-order valence-corrected chi connectivity index (χ2v) is 9.38. The van der Waals surface area contributed by atoms with E-state index in [1.807, 2.05) is 11.8 Å². The second kappa shape index (κ2) is 10.1. The molecule has 1 atom stereocenters. The van der Waals surface area contributed by atoms with Gasteiger partial charge in [0.15, 0.2) is 0 Å². The van der Waals surface area contributed by atoms with E-state index in [1.165, 1.54) is 12.1 Å². The van der Waals surface area contributed by atoms with Crippen LogP contribution in [0.5, 0.6) is 5.75 Å². The number of aldehydes is 1. The minimum atomic E-state index is -4.72. The van der Waals surface area contributed by atoms with Gasteiger partial charge in [-0.3, -0.25) is 9.80 Å². The molecule has 2 aromatic rings. The number of nitrogens with zero attached hydrogens (tertiary/aromatic N) is 4. The normalized spacial score (nSPS) is 20.7. The molecule has 1 unspecified atom stereocenters. The number of hydrogen-bond donors (Lipinski definition) is 0. The van der Waals surface area contributed by atoms with E-state index < -0.39 is 12.4 Å². The Morgan fingerprint density at radius 3 is 2.56 bits per heavy atom. The van der Waals surface area contributed by atoms with Gasteiger partial charge in [0.05, 0.1) is 32.6 Å². The monoisotopic (exact) mass is 502 g/mol. The number of hydrogen-bond acceptors (Lipinski definition) is 7. The Morgan fingerprint density at radius 1 is 1.11 bits per heavy atom. The zero-order valence-corrected chi connectivity index (χ0v) is 20.1. The molecular formula is C26H29F3N4O3. The average Bonchev–Trinajstić information content (AvgIpc) is 3.44. The van der Waals surface area contributed by atoms with Crippen LogP contribution >= 0.6 is 0 Å². The van der Waals surface area contributed by atoms with Gasteiger partial charge < -0.3 is 24.1 Å². The number of morpholine rings is 1. The van der Waals surface area contributed by atoms with Crippen LogP contribution in [0, 0.1) is 6.92 Å². The third kappa shape index (κ3) is 5.50. The maximum atomic E-state index is 12.4. The molecule has 5 rings (SSSR count). The van der Waals surface area contributed by atoms with Crippen LogP contribution in [-0.2, 0) is 22.6 Å². The van der Waals surface area contributed by atoms with Crippen molar-refractivity contribution in [2.45, 2.75) is 32.4 Å². The summed E-state index contributed by atoms with van der Waals surface area (Å²) in [4.78, 5) is 21.0. The van der Waals surface area contributed by atoms with Gasteiger partial charge in [0.25, 0.3) is 0 Å². The number of carbonyl (C=O) groups excluding carboxylic acids is 1. The molecule has 3 aliphatic heterocycles. The Bertz CT molecular complexity index is 1120. The first-order valence-electron chi connectivity index (χ1n) is 12.0. The highest BCUT2D eigenvalue weighted by Crippen LogP contribution is 2.39. The molecular weight excluding hydrogens is 473 g/mol. The van der Waals surface area contributed by atoms with Gasteiger partial charge in [-0.2, -0.15) is 0 Å². The summed E-state index contributed by atoms with van der Waals surface area (Å²) in [5.74, 6) is -0.260. The summed E-state index contributed by atoms with van der Waals surface area (Å²) in [7, 11) is 0. The van der Waals surface area contributed by atoms with Gasteiger partial charge in [-0.15, -0.1) is 13.2 Å². The van der Waals surface area contributed by atoms with Crippen LogP contribution in [0.15, 0.2) is 48.8 Å². The highest BCUT2D eigenvalue weighted by Gasteiger charge is 2.33. The van der Waals surface area contributed by atoms with E-state index in [0.717, 1.165) is 73.9 Å². The first kappa shape index (κ1) is 24.6. The lowest BCUT2D eigenvalue weighted by molar-refractivity contribution is -0.274. The molecule has 1 fully saturated rings. The van der Waals surface area contributed by atoms with E-state index >= 15 is 0 Å². The SMILES string of the molecule is Cc1cc(N2C=CN(CN3CCOCC3)C2)cc2c1C(C=O)N(Cc1ccc(OC(F)(F)F)cc1)C2. The Labute approximate surface area is 208 Å². The van der Waals surface area contributed by atoms with Crippen LogP contribution in [0.3, 0.4) is 0 Å². The predicted octanol–water partition coefficient (Wildman–Crippen LogP) is 3.99. The molecule has 2 aromatic carbocycles. The number of rotatable bonds is 7. The number of carbonyl (C=O) groups is 1. The molecule has 1 saturated heterocycles. The first-order valence-corrected chi connectivity index (χ1v) is 12.0. The van der Waals surface area contributed by atoms with Crippen molar-refractivity contribution in [1.29, 1.82) is 0 Å². The summed E-state index contributed by atoms with van der Waals surface area (Å²) in [5, 5.41) is 0. The molecule has 0 spiro atoms. The molecule has 36 heavy (non-hydrogen) atoms. The summed E-state index contributed by atoms with van der Waals surface area (Å²) in [6.45, 7) is 8.07. The fourth-order valence-electron chi connectivity index (χ4n) is 5.13. The fraction of sp³-hybridized carbons (Fsp3) is 0.423. The van der Waals surface area contributed by atoms with Crippen molar-refractivity contribution >= 4 is 12.0 Å². The number of ether oxygens (including phenoxy) is 2. The van der Waals surface area contributed by atoms with Gasteiger partial charge in [-0.05, 0) is 53.4 Å². The maximum Gasteiger partial charge on any atom is 0.573 e. The third-order valence-corrected chi connectivity index (χ3v) is 6.80. The molecule has 0 radical (unpaired) electrons. The summed E-state index contributed by atoms with van der Waals surface area (Å²) in [5.41, 5.74) is 5.05. The van der Waals surface area contributed by atoms with E-state index in [1.54, 1.807) is 12.1 Å². The second-order valence-electron chi connectivity index (χ2n) is 9.38. The van der Waals surface area contributed by atoms with Crippen molar-refractivity contribution in [2.75, 3.05) is 44.5 Å². The molecule has 192 valence electrons. The van der Waals surface area contributed by atoms with E-state index in [4.69, 9.17) is 4.74 Å². The van der Waals surface area contributed by atoms with E-state index in [0.29, 0.717) is 13.1 Å². The summed E-state index contributed by atoms with van der Waals surface area (Å²) >= 11 is 0. The van der Waals surface area contributed by atoms with Crippen molar-refractivity contribution < 1.29 is 27.4 Å². The lowest BCUT2D eigenvalue weighted by Gasteiger charge is -2.31. The number of fused-ring (bicyclic) bond motifs is 1. The molecule has 0 bridgehead atoms. The van der Waals surface area contributed by atoms with Gasteiger partial charge >= 0.3 is 6.36 Å². The van der Waals surface area contributed by atoms with Gasteiger partial charge in [-0.25, -0.2) is 0 Å². The van der Waals surface area contributed by atoms with Gasteiger partial charge in [0, 0.05) is 44.3 Å². The molecule has 0 aromatic heterocycles. The van der Waals surface area contributed by atoms with Gasteiger partial charge in [0.1, 0.15) is 12.0 Å². The third-order valence-electron chi connectivity index (χ3n) is 6.80. The average molecular weight is 503 g/mol. The van der Waals surface area contributed by atoms with Crippen LogP contribution in [0.1, 0.15) is 28.3 Å². The molecule has 3 heterocycles. The maximum absolute atomic E-state index is 12.4. The predicted molar refractivity (Wildman–Crippen MR) is 128 cm³/mol. The smallest absolute Gasteiger partial charge is 0.406 e. The van der Waals surface area contributed by atoms with Gasteiger partial charge in [-0.1, -0.05) is 12.1 Å². The fourth-order valence-corrected chi connectivity index (χ4v) is 5.13. The minimum Gasteiger partial charge on any atom is -0.406 e. The van der Waals surface area contributed by atoms with Crippen LogP contribution in [0.4, 0.5) is 18.9 Å². The number of halogens is 3. The van der Waals surface area contributed by atoms with E-state index in [-0.39, 0.29) is 5.75 Å². The van der Waals surface area contributed by atoms with Crippen LogP contribution in [-0.4, -0.2) is 67.0 Å². The summed E-state index contributed by atoms with van der Waals surface area (Å²) in [6.07, 6.45) is 0.403. The van der Waals surface area contributed by atoms with Crippen molar-refractivity contribution in [3.63, 3.8) is 0 Å². The van der Waals surface area contributed by atoms with Crippen LogP contribution in [0.2, 0.25) is 0 Å². The lowest BCUT2D eigenvalue weighted by Crippen LogP contribution is -2.43. The zero-order valence-electron chi connectivity index (χ0n) is 20.1. The number of aryl methyl sites for hydroxylation is 1. The van der Waals surface area contributed by atoms with Crippen LogP contribution < -0.4 is 9.64 Å². The molecule has 7 nitrogen and oxygen atoms in total. The van der Waals surface area contributed by atoms with Crippen molar-refractivity contribution in [3.8, 4) is 5.75 Å². The molecule has 0 aliphatic carbocycles. The zero-order chi connectivity index (χ0) is 25.3. The van der Waals surface area contributed by atoms with E-state index in [9.17, 15) is 18.0 Å². The Hall–Kier alpha value is -3.08. The van der Waals surface area contributed by atoms with Gasteiger partial charge in [0.2, 0.25) is 0 Å². The van der Waals surface area contributed by atoms with Crippen LogP contribution in [0.25, 0.3) is 0 Å². The number of benzene rings is 2. The molecule has 3 aliphatic rings. The first-order chi connectivity index (χ1) is 17.3. The summed E-state index contributed by atoms with van der Waals surface area (Å²) < 4.78 is 46.7. The Kier molecular flexibility index (Phi) is 6.92. The number of alkyl halides is 3. The Morgan fingerprint density at radius 2 is 1.86 bits per heavy atom. The van der Waals surface area contributed by atoms with E-state index in [2.05, 4.69) is 44.0 Å². The Balaban J connectivity index is 1.26. The largest absolute Gasteiger partial charge is 0.573 e. The summed E-state index contributed by atoms with van der Waals surface area (Å²) in [6, 6.07) is 9.66. The van der Waals surface area contributed by atoms with Crippen molar-refractivity contribution in [3.05, 3.63) is 71.1 Å². The highest BCUT2D eigenvalue weighted by atomic mass is 19.4. The topological polar surface area (TPSA) is 48.5 Å². The van der Waals surface area contributed by atoms with Crippen molar-refractivity contribution in [2.24, 2.45) is 0 Å². The molecule has 0 N–H and O–H groups in total. The lowest BCUT2D eigenvalue weighted by atomic mass is 9.98. The minimum absolute atomic E-state index is 0.260. The number of anilines is 1. The molecule has 0 saturated carbocycles. The molecule has 0 amide bonds. The standard InChI is InChI=1S/C26H29F3N4O3/c1-19-12-22(32-7-6-31(18-32)17-30-8-10-35-11-9-30)13-21-15-33(24(16-34)25(19)21)14-20-2-4-23(5-3-20)36-26(27,28)29/h2-7,12-13,16,24H,8-11,14-15,17-18H2,1H3.